The highest BCUT2D eigenvalue weighted by atomic mass is 32.1. The van der Waals surface area contributed by atoms with Crippen LogP contribution in [-0.2, 0) is 6.54 Å². The van der Waals surface area contributed by atoms with Gasteiger partial charge < -0.3 is 10.4 Å². The summed E-state index contributed by atoms with van der Waals surface area (Å²) in [5.74, 6) is 0. The van der Waals surface area contributed by atoms with Gasteiger partial charge in [-0.15, -0.1) is 11.3 Å². The van der Waals surface area contributed by atoms with Crippen LogP contribution < -0.4 is 5.32 Å². The molecule has 0 aromatic carbocycles. The van der Waals surface area contributed by atoms with Crippen LogP contribution in [0.4, 0.5) is 0 Å². The van der Waals surface area contributed by atoms with Crippen molar-refractivity contribution in [3.63, 3.8) is 0 Å². The molecule has 0 aliphatic heterocycles. The number of thiazole rings is 1. The van der Waals surface area contributed by atoms with E-state index in [1.165, 1.54) is 4.88 Å². The Bertz CT molecular complexity index is 335. The van der Waals surface area contributed by atoms with Gasteiger partial charge in [0.1, 0.15) is 5.01 Å². The number of aliphatic hydroxyl groups excluding tert-OH is 1. The number of nitrogens with zero attached hydrogens (tertiary/aromatic N) is 1. The SMILES string of the molecule is Cc1nc(CNC(CCO)C(C)(C)C)sc1C. The fourth-order valence-electron chi connectivity index (χ4n) is 1.80. The average molecular weight is 256 g/mol. The molecule has 3 nitrogen and oxygen atoms in total. The lowest BCUT2D eigenvalue weighted by Gasteiger charge is -2.31. The van der Waals surface area contributed by atoms with Crippen molar-refractivity contribution in [1.82, 2.24) is 10.3 Å². The Morgan fingerprint density at radius 1 is 1.35 bits per heavy atom. The molecule has 1 aromatic heterocycles. The third kappa shape index (κ3) is 4.37. The van der Waals surface area contributed by atoms with Gasteiger partial charge in [-0.3, -0.25) is 0 Å². The first-order chi connectivity index (χ1) is 7.84. The molecule has 2 N–H and O–H groups in total. The zero-order valence-electron chi connectivity index (χ0n) is 11.5. The fourth-order valence-corrected chi connectivity index (χ4v) is 2.68. The van der Waals surface area contributed by atoms with Crippen LogP contribution in [0, 0.1) is 19.3 Å². The summed E-state index contributed by atoms with van der Waals surface area (Å²) >= 11 is 1.75. The minimum Gasteiger partial charge on any atom is -0.396 e. The Kier molecular flexibility index (Phi) is 5.10. The third-order valence-electron chi connectivity index (χ3n) is 3.04. The molecule has 0 saturated heterocycles. The average Bonchev–Trinajstić information content (AvgIpc) is 2.51. The number of aliphatic hydroxyl groups is 1. The molecular weight excluding hydrogens is 232 g/mol. The van der Waals surface area contributed by atoms with Gasteiger partial charge in [-0.05, 0) is 25.7 Å². The topological polar surface area (TPSA) is 45.2 Å². The van der Waals surface area contributed by atoms with E-state index in [0.717, 1.165) is 23.7 Å². The first-order valence-corrected chi connectivity index (χ1v) is 6.93. The molecule has 1 unspecified atom stereocenters. The van der Waals surface area contributed by atoms with Crippen molar-refractivity contribution in [2.24, 2.45) is 5.41 Å². The van der Waals surface area contributed by atoms with Gasteiger partial charge >= 0.3 is 0 Å². The molecule has 0 amide bonds. The molecule has 1 heterocycles. The molecule has 98 valence electrons. The van der Waals surface area contributed by atoms with Crippen LogP contribution in [0.3, 0.4) is 0 Å². The Morgan fingerprint density at radius 3 is 2.41 bits per heavy atom. The second-order valence-corrected chi connectivity index (χ2v) is 6.85. The summed E-state index contributed by atoms with van der Waals surface area (Å²) < 4.78 is 0. The lowest BCUT2D eigenvalue weighted by Crippen LogP contribution is -2.40. The van der Waals surface area contributed by atoms with E-state index in [9.17, 15) is 0 Å². The molecule has 4 heteroatoms. The lowest BCUT2D eigenvalue weighted by atomic mass is 9.85. The molecule has 0 aliphatic carbocycles. The van der Waals surface area contributed by atoms with Crippen molar-refractivity contribution in [3.8, 4) is 0 Å². The van der Waals surface area contributed by atoms with Gasteiger partial charge in [-0.25, -0.2) is 4.98 Å². The summed E-state index contributed by atoms with van der Waals surface area (Å²) in [7, 11) is 0. The van der Waals surface area contributed by atoms with Crippen molar-refractivity contribution >= 4 is 11.3 Å². The summed E-state index contributed by atoms with van der Waals surface area (Å²) in [6, 6.07) is 0.317. The zero-order valence-corrected chi connectivity index (χ0v) is 12.3. The van der Waals surface area contributed by atoms with Crippen LogP contribution in [0.2, 0.25) is 0 Å². The summed E-state index contributed by atoms with van der Waals surface area (Å²) in [4.78, 5) is 5.81. The highest BCUT2D eigenvalue weighted by Crippen LogP contribution is 2.23. The molecule has 17 heavy (non-hydrogen) atoms. The first kappa shape index (κ1) is 14.6. The maximum absolute atomic E-state index is 9.09. The lowest BCUT2D eigenvalue weighted by molar-refractivity contribution is 0.196. The Labute approximate surface area is 108 Å². The molecule has 0 saturated carbocycles. The quantitative estimate of drug-likeness (QED) is 0.851. The summed E-state index contributed by atoms with van der Waals surface area (Å²) in [6.45, 7) is 11.7. The predicted octanol–water partition coefficient (Wildman–Crippen LogP) is 2.65. The summed E-state index contributed by atoms with van der Waals surface area (Å²) in [5.41, 5.74) is 1.28. The monoisotopic (exact) mass is 256 g/mol. The van der Waals surface area contributed by atoms with Crippen molar-refractivity contribution in [3.05, 3.63) is 15.6 Å². The van der Waals surface area contributed by atoms with Crippen molar-refractivity contribution in [2.75, 3.05) is 6.61 Å². The van der Waals surface area contributed by atoms with Gasteiger partial charge in [0.05, 0.1) is 5.69 Å². The Morgan fingerprint density at radius 2 is 2.00 bits per heavy atom. The molecule has 1 aromatic rings. The molecular formula is C13H24N2OS. The predicted molar refractivity (Wildman–Crippen MR) is 73.4 cm³/mol. The molecule has 0 fully saturated rings. The molecule has 0 bridgehead atoms. The number of rotatable bonds is 5. The van der Waals surface area contributed by atoms with Gasteiger partial charge in [0.15, 0.2) is 0 Å². The van der Waals surface area contributed by atoms with Gasteiger partial charge in [0.2, 0.25) is 0 Å². The van der Waals surface area contributed by atoms with Gasteiger partial charge in [0, 0.05) is 24.1 Å². The number of aryl methyl sites for hydroxylation is 2. The molecule has 1 atom stereocenters. The maximum Gasteiger partial charge on any atom is 0.107 e. The zero-order chi connectivity index (χ0) is 13.1. The van der Waals surface area contributed by atoms with E-state index in [1.54, 1.807) is 11.3 Å². The van der Waals surface area contributed by atoms with E-state index < -0.39 is 0 Å². The normalized spacial score (nSPS) is 14.0. The minimum atomic E-state index is 0.157. The van der Waals surface area contributed by atoms with Gasteiger partial charge in [-0.2, -0.15) is 0 Å². The van der Waals surface area contributed by atoms with Gasteiger partial charge in [-0.1, -0.05) is 20.8 Å². The third-order valence-corrected chi connectivity index (χ3v) is 4.11. The summed E-state index contributed by atoms with van der Waals surface area (Å²) in [5, 5.41) is 13.7. The van der Waals surface area contributed by atoms with Crippen molar-refractivity contribution in [2.45, 2.75) is 53.6 Å². The van der Waals surface area contributed by atoms with E-state index in [2.05, 4.69) is 38.0 Å². The Hall–Kier alpha value is -0.450. The standard InChI is InChI=1S/C13H24N2OS/c1-9-10(2)17-12(15-9)8-14-11(6-7-16)13(3,4)5/h11,14,16H,6-8H2,1-5H3. The number of aromatic nitrogens is 1. The van der Waals surface area contributed by atoms with Crippen LogP contribution in [-0.4, -0.2) is 22.7 Å². The van der Waals surface area contributed by atoms with E-state index in [0.29, 0.717) is 6.04 Å². The number of hydrogen-bond acceptors (Lipinski definition) is 4. The fraction of sp³-hybridized carbons (Fsp3) is 0.769. The van der Waals surface area contributed by atoms with Gasteiger partial charge in [0.25, 0.3) is 0 Å². The smallest absolute Gasteiger partial charge is 0.107 e. The highest BCUT2D eigenvalue weighted by molar-refractivity contribution is 7.11. The molecule has 0 spiro atoms. The minimum absolute atomic E-state index is 0.157. The molecule has 0 radical (unpaired) electrons. The van der Waals surface area contributed by atoms with Crippen molar-refractivity contribution in [1.29, 1.82) is 0 Å². The molecule has 0 aliphatic rings. The Balaban J connectivity index is 2.57. The van der Waals surface area contributed by atoms with Crippen LogP contribution in [0.1, 0.15) is 42.8 Å². The number of nitrogens with one attached hydrogen (secondary N) is 1. The van der Waals surface area contributed by atoms with Crippen LogP contribution in [0.5, 0.6) is 0 Å². The van der Waals surface area contributed by atoms with Crippen LogP contribution in [0.25, 0.3) is 0 Å². The maximum atomic E-state index is 9.09. The van der Waals surface area contributed by atoms with E-state index >= 15 is 0 Å². The summed E-state index contributed by atoms with van der Waals surface area (Å²) in [6.07, 6.45) is 0.785. The van der Waals surface area contributed by atoms with E-state index in [4.69, 9.17) is 5.11 Å². The van der Waals surface area contributed by atoms with E-state index in [1.807, 2.05) is 6.92 Å². The largest absolute Gasteiger partial charge is 0.396 e. The number of hydrogen-bond donors (Lipinski definition) is 2. The van der Waals surface area contributed by atoms with Crippen molar-refractivity contribution < 1.29 is 5.11 Å². The van der Waals surface area contributed by atoms with E-state index in [-0.39, 0.29) is 12.0 Å². The van der Waals surface area contributed by atoms with Crippen LogP contribution in [0.15, 0.2) is 0 Å². The molecule has 1 rings (SSSR count). The second-order valence-electron chi connectivity index (χ2n) is 5.56. The highest BCUT2D eigenvalue weighted by Gasteiger charge is 2.23. The second kappa shape index (κ2) is 5.94. The first-order valence-electron chi connectivity index (χ1n) is 6.11. The van der Waals surface area contributed by atoms with Crippen LogP contribution >= 0.6 is 11.3 Å².